The van der Waals surface area contributed by atoms with E-state index in [0.29, 0.717) is 44.8 Å². The van der Waals surface area contributed by atoms with Crippen LogP contribution in [-0.4, -0.2) is 79.1 Å². The Hall–Kier alpha value is -7.48. The maximum atomic E-state index is 14.1. The number of fused-ring (bicyclic) bond motifs is 2. The lowest BCUT2D eigenvalue weighted by molar-refractivity contribution is 0.0702. The molecule has 4 heterocycles. The van der Waals surface area contributed by atoms with Crippen molar-refractivity contribution in [1.29, 1.82) is 0 Å². The summed E-state index contributed by atoms with van der Waals surface area (Å²) in [6.07, 6.45) is 2.94. The number of carbonyl (C=O) groups is 2. The van der Waals surface area contributed by atoms with Gasteiger partial charge in [-0.05, 0) is 122 Å². The fourth-order valence-electron chi connectivity index (χ4n) is 9.27. The number of benzene rings is 6. The maximum absolute atomic E-state index is 14.1. The third-order valence-electron chi connectivity index (χ3n) is 12.7. The summed E-state index contributed by atoms with van der Waals surface area (Å²) in [6, 6.07) is 37.1. The van der Waals surface area contributed by atoms with Crippen LogP contribution in [-0.2, 0) is 13.1 Å². The highest BCUT2D eigenvalue weighted by atomic mass is 19.1. The lowest BCUT2D eigenvalue weighted by atomic mass is 9.95. The molecule has 0 saturated carbocycles. The standard InChI is InChI=1S/C27H25F2N3O2.C26H23F2N3O2/c1-34-25-10-9-20(16-22(25)29)27(33)31-13-11-19(12-14-31)26-30-23-7-2-3-8-24(23)32(26)17-18-5-4-6-21(28)15-18;27-20-5-3-4-17(14-20)16-31-23-7-2-1-6-22(23)29-25(31)18-10-12-30(13-11-18)26(33)19-8-9-24(32)21(28)15-19/h2-10,15-16,19H,11-14,17H2,1H3;1-9,14-15,18,32H,10-13,16H2. The fraction of sp³-hybridized carbons (Fsp3) is 0.245. The summed E-state index contributed by atoms with van der Waals surface area (Å²) < 4.78 is 64.6. The van der Waals surface area contributed by atoms with Crippen LogP contribution in [0.1, 0.15) is 81.0 Å². The Morgan fingerprint density at radius 1 is 0.567 bits per heavy atom. The Morgan fingerprint density at radius 2 is 1.01 bits per heavy atom. The van der Waals surface area contributed by atoms with E-state index in [-0.39, 0.29) is 46.6 Å². The molecular weight excluding hydrogens is 861 g/mol. The molecule has 0 atom stereocenters. The van der Waals surface area contributed by atoms with Crippen molar-refractivity contribution in [2.75, 3.05) is 33.3 Å². The third kappa shape index (κ3) is 9.74. The highest BCUT2D eigenvalue weighted by Gasteiger charge is 2.30. The minimum atomic E-state index is -0.804. The molecule has 2 aliphatic rings. The number of hydrogen-bond donors (Lipinski definition) is 1. The monoisotopic (exact) mass is 908 g/mol. The predicted molar refractivity (Wildman–Crippen MR) is 247 cm³/mol. The van der Waals surface area contributed by atoms with Gasteiger partial charge in [-0.25, -0.2) is 27.5 Å². The van der Waals surface area contributed by atoms with E-state index in [4.69, 9.17) is 14.7 Å². The zero-order chi connectivity index (χ0) is 46.6. The second kappa shape index (κ2) is 19.5. The zero-order valence-electron chi connectivity index (χ0n) is 36.8. The predicted octanol–water partition coefficient (Wildman–Crippen LogP) is 10.5. The summed E-state index contributed by atoms with van der Waals surface area (Å²) in [7, 11) is 1.40. The fourth-order valence-corrected chi connectivity index (χ4v) is 9.27. The largest absolute Gasteiger partial charge is 0.505 e. The molecule has 342 valence electrons. The molecule has 2 aliphatic heterocycles. The molecule has 67 heavy (non-hydrogen) atoms. The number of nitrogens with zero attached hydrogens (tertiary/aromatic N) is 6. The highest BCUT2D eigenvalue weighted by molar-refractivity contribution is 5.95. The van der Waals surface area contributed by atoms with Crippen LogP contribution < -0.4 is 4.74 Å². The first-order chi connectivity index (χ1) is 32.5. The Morgan fingerprint density at radius 3 is 1.45 bits per heavy atom. The molecule has 14 heteroatoms. The van der Waals surface area contributed by atoms with Gasteiger partial charge in [-0.1, -0.05) is 48.5 Å². The SMILES string of the molecule is COc1ccc(C(=O)N2CCC(c3nc4ccccc4n3Cc3cccc(F)c3)CC2)cc1F.O=C(c1ccc(O)c(F)c1)N1CCC(c2nc3ccccc3n2Cc2cccc(F)c2)CC1. The quantitative estimate of drug-likeness (QED) is 0.145. The summed E-state index contributed by atoms with van der Waals surface area (Å²) in [5, 5.41) is 9.37. The van der Waals surface area contributed by atoms with Gasteiger partial charge in [0.1, 0.15) is 23.3 Å². The van der Waals surface area contributed by atoms with Crippen molar-refractivity contribution in [3.63, 3.8) is 0 Å². The van der Waals surface area contributed by atoms with Crippen LogP contribution in [0.5, 0.6) is 11.5 Å². The van der Waals surface area contributed by atoms with Gasteiger partial charge < -0.3 is 28.8 Å². The van der Waals surface area contributed by atoms with Gasteiger partial charge in [0.05, 0.1) is 29.2 Å². The minimum Gasteiger partial charge on any atom is -0.505 e. The number of imidazole rings is 2. The number of phenols is 1. The lowest BCUT2D eigenvalue weighted by Crippen LogP contribution is -2.38. The van der Waals surface area contributed by atoms with Crippen molar-refractivity contribution in [1.82, 2.24) is 28.9 Å². The number of amides is 2. The molecule has 8 aromatic rings. The molecule has 10 rings (SSSR count). The summed E-state index contributed by atoms with van der Waals surface area (Å²) in [5.74, 6) is -0.471. The van der Waals surface area contributed by atoms with E-state index < -0.39 is 17.4 Å². The van der Waals surface area contributed by atoms with Crippen LogP contribution in [0.2, 0.25) is 0 Å². The third-order valence-corrected chi connectivity index (χ3v) is 12.7. The molecule has 2 saturated heterocycles. The summed E-state index contributed by atoms with van der Waals surface area (Å²) in [5.41, 5.74) is 6.07. The first-order valence-electron chi connectivity index (χ1n) is 22.3. The number of piperidine rings is 2. The van der Waals surface area contributed by atoms with Crippen molar-refractivity contribution in [3.8, 4) is 11.5 Å². The van der Waals surface area contributed by atoms with Gasteiger partial charge in [0.15, 0.2) is 23.1 Å². The van der Waals surface area contributed by atoms with Crippen molar-refractivity contribution < 1.29 is 37.0 Å². The molecule has 2 aromatic heterocycles. The normalized spacial score (nSPS) is 14.6. The number of para-hydroxylation sites is 4. The van der Waals surface area contributed by atoms with Crippen LogP contribution in [0.3, 0.4) is 0 Å². The molecular formula is C53H48F4N6O4. The second-order valence-electron chi connectivity index (χ2n) is 17.0. The van der Waals surface area contributed by atoms with E-state index in [2.05, 4.69) is 9.13 Å². The van der Waals surface area contributed by atoms with Crippen LogP contribution >= 0.6 is 0 Å². The van der Waals surface area contributed by atoms with E-state index in [1.807, 2.05) is 60.7 Å². The topological polar surface area (TPSA) is 106 Å². The smallest absolute Gasteiger partial charge is 0.253 e. The first-order valence-corrected chi connectivity index (χ1v) is 22.3. The molecule has 6 aromatic carbocycles. The number of hydrogen-bond acceptors (Lipinski definition) is 6. The van der Waals surface area contributed by atoms with Gasteiger partial charge in [0.25, 0.3) is 11.8 Å². The zero-order valence-corrected chi connectivity index (χ0v) is 36.8. The van der Waals surface area contributed by atoms with E-state index >= 15 is 0 Å². The number of methoxy groups -OCH3 is 1. The maximum Gasteiger partial charge on any atom is 0.253 e. The molecule has 2 fully saturated rings. The molecule has 0 spiro atoms. The first kappa shape index (κ1) is 44.7. The van der Waals surface area contributed by atoms with Crippen molar-refractivity contribution in [2.24, 2.45) is 0 Å². The number of aromatic nitrogens is 4. The summed E-state index contributed by atoms with van der Waals surface area (Å²) in [4.78, 5) is 39.0. The Labute approximate surface area is 384 Å². The molecule has 0 unspecified atom stereocenters. The molecule has 2 amide bonds. The van der Waals surface area contributed by atoms with E-state index in [1.165, 1.54) is 49.6 Å². The van der Waals surface area contributed by atoms with Crippen LogP contribution in [0.4, 0.5) is 17.6 Å². The van der Waals surface area contributed by atoms with Gasteiger partial charge >= 0.3 is 0 Å². The minimum absolute atomic E-state index is 0.118. The highest BCUT2D eigenvalue weighted by Crippen LogP contribution is 2.34. The van der Waals surface area contributed by atoms with E-state index in [9.17, 15) is 32.3 Å². The summed E-state index contributed by atoms with van der Waals surface area (Å²) in [6.45, 7) is 3.20. The Bertz CT molecular complexity index is 3080. The van der Waals surface area contributed by atoms with Gasteiger partial charge in [-0.3, -0.25) is 9.59 Å². The van der Waals surface area contributed by atoms with Crippen LogP contribution in [0.25, 0.3) is 22.1 Å². The average Bonchev–Trinajstić information content (AvgIpc) is 3.90. The van der Waals surface area contributed by atoms with Crippen molar-refractivity contribution in [3.05, 3.63) is 191 Å². The van der Waals surface area contributed by atoms with Crippen molar-refractivity contribution >= 4 is 33.9 Å². The number of rotatable bonds is 9. The molecule has 10 nitrogen and oxygen atoms in total. The number of carbonyl (C=O) groups excluding carboxylic acids is 2. The van der Waals surface area contributed by atoms with Crippen molar-refractivity contribution in [2.45, 2.75) is 50.6 Å². The number of likely N-dealkylation sites (tertiary alicyclic amines) is 2. The van der Waals surface area contributed by atoms with E-state index in [0.717, 1.165) is 76.6 Å². The average molecular weight is 909 g/mol. The Balaban J connectivity index is 0.000000168. The summed E-state index contributed by atoms with van der Waals surface area (Å²) >= 11 is 0. The molecule has 0 aliphatic carbocycles. The number of aromatic hydroxyl groups is 1. The molecule has 0 bridgehead atoms. The van der Waals surface area contributed by atoms with Gasteiger partial charge in [-0.2, -0.15) is 0 Å². The lowest BCUT2D eigenvalue weighted by Gasteiger charge is -2.32. The van der Waals surface area contributed by atoms with Crippen LogP contribution in [0.15, 0.2) is 133 Å². The van der Waals surface area contributed by atoms with Crippen LogP contribution in [0, 0.1) is 23.3 Å². The Kier molecular flexibility index (Phi) is 13.0. The molecule has 1 N–H and O–H groups in total. The van der Waals surface area contributed by atoms with Gasteiger partial charge in [-0.15, -0.1) is 0 Å². The number of halogens is 4. The van der Waals surface area contributed by atoms with Gasteiger partial charge in [0, 0.05) is 62.2 Å². The molecule has 0 radical (unpaired) electrons. The van der Waals surface area contributed by atoms with E-state index in [1.54, 1.807) is 34.1 Å². The number of ether oxygens (including phenoxy) is 1. The van der Waals surface area contributed by atoms with Gasteiger partial charge in [0.2, 0.25) is 0 Å². The number of phenolic OH excluding ortho intramolecular Hbond substituents is 1. The second-order valence-corrected chi connectivity index (χ2v) is 17.0.